The van der Waals surface area contributed by atoms with Crippen LogP contribution in [0.2, 0.25) is 0 Å². The van der Waals surface area contributed by atoms with Crippen molar-refractivity contribution < 1.29 is 24.2 Å². The Morgan fingerprint density at radius 3 is 2.54 bits per heavy atom. The van der Waals surface area contributed by atoms with Crippen LogP contribution in [0.5, 0.6) is 0 Å². The smallest absolute Gasteiger partial charge is 0.311 e. The minimum atomic E-state index is -0.930. The van der Waals surface area contributed by atoms with E-state index in [4.69, 9.17) is 4.74 Å². The second-order valence-electron chi connectivity index (χ2n) is 10.8. The standard InChI is InChI=1S/C30H39N3O5S/c1-4-31(5-2)21-12-14-22(15-13-21)32-17-10-16-30-25(27(35)33(20(3)19-34)26(30)28(32)36)24-23(39-30)11-8-6-7-9-18-38-29(24)37/h8,10-16,20,23-26,34H,4-7,9,17-19H2,1-3H3/b11-8-/t20-,23+,24-,25+,26?,30+/m1/s1. The zero-order valence-corrected chi connectivity index (χ0v) is 23.8. The molecule has 1 N–H and O–H groups in total. The van der Waals surface area contributed by atoms with Gasteiger partial charge < -0.3 is 24.5 Å². The molecule has 4 heterocycles. The summed E-state index contributed by atoms with van der Waals surface area (Å²) in [4.78, 5) is 47.5. The van der Waals surface area contributed by atoms with Gasteiger partial charge in [-0.15, -0.1) is 11.8 Å². The molecular formula is C30H39N3O5S. The zero-order valence-electron chi connectivity index (χ0n) is 23.0. The summed E-state index contributed by atoms with van der Waals surface area (Å²) in [5.74, 6) is -2.26. The van der Waals surface area contributed by atoms with Gasteiger partial charge in [-0.2, -0.15) is 0 Å². The van der Waals surface area contributed by atoms with E-state index in [9.17, 15) is 19.5 Å². The molecule has 6 atom stereocenters. The van der Waals surface area contributed by atoms with Gasteiger partial charge in [0.15, 0.2) is 0 Å². The Balaban J connectivity index is 1.56. The third-order valence-corrected chi connectivity index (χ3v) is 10.3. The lowest BCUT2D eigenvalue weighted by Crippen LogP contribution is -2.56. The van der Waals surface area contributed by atoms with Crippen LogP contribution in [0.25, 0.3) is 0 Å². The van der Waals surface area contributed by atoms with E-state index in [1.807, 2.05) is 42.5 Å². The van der Waals surface area contributed by atoms with Crippen LogP contribution in [-0.2, 0) is 19.1 Å². The first kappa shape index (κ1) is 27.8. The van der Waals surface area contributed by atoms with Crippen molar-refractivity contribution in [2.75, 3.05) is 42.6 Å². The Hall–Kier alpha value is -2.78. The molecule has 0 saturated carbocycles. The Morgan fingerprint density at radius 1 is 1.10 bits per heavy atom. The fraction of sp³-hybridized carbons (Fsp3) is 0.567. The topological polar surface area (TPSA) is 90.4 Å². The van der Waals surface area contributed by atoms with E-state index in [0.29, 0.717) is 13.2 Å². The van der Waals surface area contributed by atoms with Gasteiger partial charge in [-0.05, 0) is 64.3 Å². The van der Waals surface area contributed by atoms with Crippen molar-refractivity contribution in [2.24, 2.45) is 11.8 Å². The van der Waals surface area contributed by atoms with Crippen molar-refractivity contribution in [3.8, 4) is 0 Å². The number of thioether (sulfide) groups is 1. The first-order valence-corrected chi connectivity index (χ1v) is 15.0. The van der Waals surface area contributed by atoms with Gasteiger partial charge in [-0.3, -0.25) is 14.4 Å². The summed E-state index contributed by atoms with van der Waals surface area (Å²) in [6, 6.07) is 6.54. The number of carbonyl (C=O) groups is 3. The predicted molar refractivity (Wildman–Crippen MR) is 154 cm³/mol. The van der Waals surface area contributed by atoms with Gasteiger partial charge in [0, 0.05) is 36.3 Å². The quantitative estimate of drug-likeness (QED) is 0.427. The molecule has 1 spiro atoms. The Labute approximate surface area is 235 Å². The van der Waals surface area contributed by atoms with E-state index in [2.05, 4.69) is 24.8 Å². The molecule has 0 aromatic heterocycles. The molecule has 1 aromatic rings. The average molecular weight is 554 g/mol. The largest absolute Gasteiger partial charge is 0.465 e. The van der Waals surface area contributed by atoms with Gasteiger partial charge >= 0.3 is 5.97 Å². The first-order valence-electron chi connectivity index (χ1n) is 14.2. The molecule has 0 radical (unpaired) electrons. The summed E-state index contributed by atoms with van der Waals surface area (Å²) >= 11 is 1.53. The highest BCUT2D eigenvalue weighted by atomic mass is 32.2. The van der Waals surface area contributed by atoms with Crippen molar-refractivity contribution in [1.82, 2.24) is 4.90 Å². The van der Waals surface area contributed by atoms with Gasteiger partial charge in [0.25, 0.3) is 5.91 Å². The summed E-state index contributed by atoms with van der Waals surface area (Å²) in [6.07, 6.45) is 10.7. The highest BCUT2D eigenvalue weighted by Crippen LogP contribution is 2.61. The number of fused-ring (bicyclic) bond motifs is 2. The lowest BCUT2D eigenvalue weighted by molar-refractivity contribution is -0.153. The molecule has 4 aliphatic heterocycles. The van der Waals surface area contributed by atoms with E-state index in [1.54, 1.807) is 16.7 Å². The first-order chi connectivity index (χ1) is 18.9. The van der Waals surface area contributed by atoms with Crippen molar-refractivity contribution >= 4 is 40.9 Å². The molecule has 210 valence electrons. The van der Waals surface area contributed by atoms with Gasteiger partial charge in [0.05, 0.1) is 35.8 Å². The summed E-state index contributed by atoms with van der Waals surface area (Å²) in [6.45, 7) is 8.18. The molecule has 0 bridgehead atoms. The van der Waals surface area contributed by atoms with Crippen LogP contribution >= 0.6 is 11.8 Å². The van der Waals surface area contributed by atoms with Gasteiger partial charge in [0.2, 0.25) is 5.91 Å². The summed E-state index contributed by atoms with van der Waals surface area (Å²) < 4.78 is 4.72. The molecule has 4 aliphatic rings. The molecule has 39 heavy (non-hydrogen) atoms. The van der Waals surface area contributed by atoms with Crippen molar-refractivity contribution in [3.63, 3.8) is 0 Å². The van der Waals surface area contributed by atoms with E-state index < -0.39 is 28.7 Å². The van der Waals surface area contributed by atoms with Crippen LogP contribution < -0.4 is 9.80 Å². The summed E-state index contributed by atoms with van der Waals surface area (Å²) in [7, 11) is 0. The molecule has 2 fully saturated rings. The number of aliphatic hydroxyl groups excluding tert-OH is 1. The number of likely N-dealkylation sites (tertiary alicyclic amines) is 1. The maximum Gasteiger partial charge on any atom is 0.311 e. The number of allylic oxidation sites excluding steroid dienone is 1. The van der Waals surface area contributed by atoms with E-state index in [0.717, 1.165) is 43.7 Å². The molecule has 2 amide bonds. The molecule has 1 aromatic carbocycles. The van der Waals surface area contributed by atoms with Gasteiger partial charge in [0.1, 0.15) is 6.04 Å². The molecule has 2 saturated heterocycles. The lowest BCUT2D eigenvalue weighted by atomic mass is 9.78. The van der Waals surface area contributed by atoms with Crippen LogP contribution in [0, 0.1) is 11.8 Å². The van der Waals surface area contributed by atoms with Gasteiger partial charge in [-0.1, -0.05) is 24.3 Å². The maximum atomic E-state index is 14.5. The number of benzene rings is 1. The van der Waals surface area contributed by atoms with Crippen LogP contribution in [-0.4, -0.2) is 82.7 Å². The number of ether oxygens (including phenoxy) is 1. The van der Waals surface area contributed by atoms with Crippen LogP contribution in [0.3, 0.4) is 0 Å². The molecule has 8 nitrogen and oxygen atoms in total. The molecule has 1 unspecified atom stereocenters. The summed E-state index contributed by atoms with van der Waals surface area (Å²) in [5.41, 5.74) is 1.84. The third kappa shape index (κ3) is 4.67. The Morgan fingerprint density at radius 2 is 1.85 bits per heavy atom. The number of nitrogens with zero attached hydrogens (tertiary/aromatic N) is 3. The highest BCUT2D eigenvalue weighted by molar-refractivity contribution is 8.02. The predicted octanol–water partition coefficient (Wildman–Crippen LogP) is 3.40. The monoisotopic (exact) mass is 553 g/mol. The molecular weight excluding hydrogens is 514 g/mol. The number of hydrogen-bond acceptors (Lipinski definition) is 7. The number of aliphatic hydroxyl groups is 1. The molecule has 5 rings (SSSR count). The fourth-order valence-electron chi connectivity index (χ4n) is 6.58. The van der Waals surface area contributed by atoms with Crippen LogP contribution in [0.15, 0.2) is 48.6 Å². The van der Waals surface area contributed by atoms with E-state index in [-0.39, 0.29) is 29.6 Å². The number of esters is 1. The van der Waals surface area contributed by atoms with Gasteiger partial charge in [-0.25, -0.2) is 0 Å². The second-order valence-corrected chi connectivity index (χ2v) is 12.2. The van der Waals surface area contributed by atoms with Crippen molar-refractivity contribution in [1.29, 1.82) is 0 Å². The molecule has 9 heteroatoms. The number of amides is 2. The lowest BCUT2D eigenvalue weighted by Gasteiger charge is -2.37. The Bertz CT molecular complexity index is 1150. The van der Waals surface area contributed by atoms with Crippen molar-refractivity contribution in [2.45, 2.75) is 62.1 Å². The highest BCUT2D eigenvalue weighted by Gasteiger charge is 2.71. The van der Waals surface area contributed by atoms with Crippen LogP contribution in [0.1, 0.15) is 40.0 Å². The average Bonchev–Trinajstić information content (AvgIpc) is 3.34. The fourth-order valence-corrected chi connectivity index (χ4v) is 8.57. The molecule has 0 aliphatic carbocycles. The number of carbonyl (C=O) groups excluding carboxylic acids is 3. The van der Waals surface area contributed by atoms with Crippen LogP contribution in [0.4, 0.5) is 11.4 Å². The second kappa shape index (κ2) is 11.4. The number of cyclic esters (lactones) is 1. The SMILES string of the molecule is CCN(CC)c1ccc(N2CC=C[C@]34S[C@H]5/C=C\CCCCOC(=O)[C@H]5[C@H]3C(=O)N([C@H](C)CO)C4C2=O)cc1. The normalized spacial score (nSPS) is 32.2. The van der Waals surface area contributed by atoms with Crippen molar-refractivity contribution in [3.05, 3.63) is 48.6 Å². The third-order valence-electron chi connectivity index (χ3n) is 8.57. The van der Waals surface area contributed by atoms with E-state index in [1.165, 1.54) is 11.8 Å². The number of anilines is 2. The van der Waals surface area contributed by atoms with E-state index >= 15 is 0 Å². The zero-order chi connectivity index (χ0) is 27.7. The summed E-state index contributed by atoms with van der Waals surface area (Å²) in [5, 5.41) is 9.85. The minimum absolute atomic E-state index is 0.194. The minimum Gasteiger partial charge on any atom is -0.465 e. The number of hydrogen-bond donors (Lipinski definition) is 1. The Kier molecular flexibility index (Phi) is 8.10. The maximum absolute atomic E-state index is 14.5. The number of rotatable bonds is 6.